The second kappa shape index (κ2) is 12.9. The third-order valence-electron chi connectivity index (χ3n) is 5.33. The van der Waals surface area contributed by atoms with Crippen molar-refractivity contribution in [3.63, 3.8) is 0 Å². The van der Waals surface area contributed by atoms with Crippen molar-refractivity contribution in [2.24, 2.45) is 5.92 Å². The van der Waals surface area contributed by atoms with Crippen molar-refractivity contribution in [2.45, 2.75) is 71.2 Å². The van der Waals surface area contributed by atoms with Crippen molar-refractivity contribution in [1.29, 1.82) is 0 Å². The summed E-state index contributed by atoms with van der Waals surface area (Å²) in [4.78, 5) is 38.4. The Hall–Kier alpha value is -3.19. The number of carbonyl (C=O) groups excluding carboxylic acids is 3. The van der Waals surface area contributed by atoms with E-state index in [1.54, 1.807) is 0 Å². The summed E-state index contributed by atoms with van der Waals surface area (Å²) in [5.74, 6) is -0.856. The molecule has 34 heavy (non-hydrogen) atoms. The molecule has 0 saturated carbocycles. The Bertz CT molecular complexity index is 923. The molecule has 0 spiro atoms. The molecule has 0 aromatic heterocycles. The van der Waals surface area contributed by atoms with E-state index in [0.29, 0.717) is 19.3 Å². The number of benzene rings is 2. The molecule has 0 aliphatic rings. The topological polar surface area (TPSA) is 105 Å². The summed E-state index contributed by atoms with van der Waals surface area (Å²) in [5, 5.41) is 15.7. The first kappa shape index (κ1) is 27.1. The lowest BCUT2D eigenvalue weighted by molar-refractivity contribution is -0.139. The first-order chi connectivity index (χ1) is 16.1. The fourth-order valence-corrected chi connectivity index (χ4v) is 3.53. The number of ketones is 1. The van der Waals surface area contributed by atoms with Gasteiger partial charge in [-0.3, -0.25) is 9.59 Å². The molecule has 2 rings (SSSR count). The number of aryl methyl sites for hydroxylation is 1. The van der Waals surface area contributed by atoms with E-state index in [1.807, 2.05) is 74.5 Å². The van der Waals surface area contributed by atoms with Gasteiger partial charge in [-0.2, -0.15) is 0 Å². The predicted octanol–water partition coefficient (Wildman–Crippen LogP) is 3.79. The van der Waals surface area contributed by atoms with Crippen molar-refractivity contribution >= 4 is 17.8 Å². The van der Waals surface area contributed by atoms with Crippen molar-refractivity contribution in [3.05, 3.63) is 71.8 Å². The monoisotopic (exact) mass is 468 g/mol. The van der Waals surface area contributed by atoms with Crippen LogP contribution in [0, 0.1) is 5.92 Å². The molecule has 184 valence electrons. The first-order valence-corrected chi connectivity index (χ1v) is 11.6. The van der Waals surface area contributed by atoms with Gasteiger partial charge in [0.25, 0.3) is 0 Å². The lowest BCUT2D eigenvalue weighted by Crippen LogP contribution is -2.55. The van der Waals surface area contributed by atoms with E-state index < -0.39 is 35.5 Å². The van der Waals surface area contributed by atoms with E-state index in [1.165, 1.54) is 13.8 Å². The molecular weight excluding hydrogens is 432 g/mol. The summed E-state index contributed by atoms with van der Waals surface area (Å²) in [6, 6.07) is 17.1. The fourth-order valence-electron chi connectivity index (χ4n) is 3.53. The Morgan fingerprint density at radius 1 is 0.882 bits per heavy atom. The average molecular weight is 469 g/mol. The van der Waals surface area contributed by atoms with Crippen LogP contribution in [-0.4, -0.2) is 40.6 Å². The van der Waals surface area contributed by atoms with Crippen molar-refractivity contribution in [1.82, 2.24) is 10.6 Å². The normalized spacial score (nSPS) is 13.1. The molecule has 0 radical (unpaired) electrons. The van der Waals surface area contributed by atoms with E-state index in [4.69, 9.17) is 4.74 Å². The third-order valence-corrected chi connectivity index (χ3v) is 5.33. The van der Waals surface area contributed by atoms with Crippen molar-refractivity contribution < 1.29 is 24.2 Å². The van der Waals surface area contributed by atoms with Gasteiger partial charge in [-0.05, 0) is 50.2 Å². The van der Waals surface area contributed by atoms with Crippen LogP contribution in [0.1, 0.15) is 51.7 Å². The summed E-state index contributed by atoms with van der Waals surface area (Å²) < 4.78 is 5.27. The third kappa shape index (κ3) is 9.35. The molecule has 2 aromatic carbocycles. The SMILES string of the molecule is CC(C)C[C@H](NC(=O)OCc1ccccc1)C(=O)N[C@@H](CCc1ccccc1)C(=O)C(C)(C)O. The number of carbonyl (C=O) groups is 3. The summed E-state index contributed by atoms with van der Waals surface area (Å²) in [5.41, 5.74) is 0.246. The minimum Gasteiger partial charge on any atom is -0.445 e. The number of alkyl carbamates (subject to hydrolysis) is 1. The zero-order chi connectivity index (χ0) is 25.1. The van der Waals surface area contributed by atoms with Gasteiger partial charge in [-0.25, -0.2) is 4.79 Å². The number of amides is 2. The summed E-state index contributed by atoms with van der Waals surface area (Å²) in [6.07, 6.45) is 0.536. The van der Waals surface area contributed by atoms with Crippen molar-refractivity contribution in [3.8, 4) is 0 Å². The Balaban J connectivity index is 2.06. The molecule has 2 atom stereocenters. The zero-order valence-electron chi connectivity index (χ0n) is 20.4. The maximum Gasteiger partial charge on any atom is 0.408 e. The number of nitrogens with one attached hydrogen (secondary N) is 2. The molecule has 0 aliphatic carbocycles. The minimum absolute atomic E-state index is 0.0829. The molecule has 0 saturated heterocycles. The maximum absolute atomic E-state index is 13.1. The Kier molecular flexibility index (Phi) is 10.3. The standard InChI is InChI=1S/C27H36N2O5/c1-19(2)17-23(29-26(32)34-18-21-13-9-6-10-14-21)25(31)28-22(24(30)27(3,4)33)16-15-20-11-7-5-8-12-20/h5-14,19,22-23,33H,15-18H2,1-4H3,(H,28,31)(H,29,32)/t22-,23-/m0/s1. The second-order valence-electron chi connectivity index (χ2n) is 9.40. The minimum atomic E-state index is -1.61. The summed E-state index contributed by atoms with van der Waals surface area (Å²) in [6.45, 7) is 6.77. The van der Waals surface area contributed by atoms with Gasteiger partial charge in [0.15, 0.2) is 5.78 Å². The Morgan fingerprint density at radius 2 is 1.44 bits per heavy atom. The molecule has 0 unspecified atom stereocenters. The number of Topliss-reactive ketones (excluding diaryl/α,β-unsaturated/α-hetero) is 1. The van der Waals surface area contributed by atoms with Crippen molar-refractivity contribution in [2.75, 3.05) is 0 Å². The van der Waals surface area contributed by atoms with Gasteiger partial charge in [0.05, 0.1) is 6.04 Å². The molecular formula is C27H36N2O5. The largest absolute Gasteiger partial charge is 0.445 e. The van der Waals surface area contributed by atoms with Crippen LogP contribution < -0.4 is 10.6 Å². The summed E-state index contributed by atoms with van der Waals surface area (Å²) >= 11 is 0. The van der Waals surface area contributed by atoms with Gasteiger partial charge >= 0.3 is 6.09 Å². The van der Waals surface area contributed by atoms with E-state index >= 15 is 0 Å². The lowest BCUT2D eigenvalue weighted by atomic mass is 9.92. The Morgan fingerprint density at radius 3 is 1.97 bits per heavy atom. The van der Waals surface area contributed by atoms with E-state index in [9.17, 15) is 19.5 Å². The highest BCUT2D eigenvalue weighted by Gasteiger charge is 2.34. The maximum atomic E-state index is 13.1. The molecule has 0 heterocycles. The van der Waals surface area contributed by atoms with Gasteiger partial charge in [-0.1, -0.05) is 74.5 Å². The molecule has 7 nitrogen and oxygen atoms in total. The van der Waals surface area contributed by atoms with Gasteiger partial charge in [0.1, 0.15) is 18.2 Å². The quantitative estimate of drug-likeness (QED) is 0.440. The van der Waals surface area contributed by atoms with Gasteiger partial charge in [0.2, 0.25) is 5.91 Å². The molecule has 2 aromatic rings. The highest BCUT2D eigenvalue weighted by molar-refractivity contribution is 5.95. The van der Waals surface area contributed by atoms with Crippen LogP contribution in [0.25, 0.3) is 0 Å². The second-order valence-corrected chi connectivity index (χ2v) is 9.40. The van der Waals surface area contributed by atoms with Crippen LogP contribution in [0.15, 0.2) is 60.7 Å². The highest BCUT2D eigenvalue weighted by atomic mass is 16.5. The fraction of sp³-hybridized carbons (Fsp3) is 0.444. The van der Waals surface area contributed by atoms with E-state index in [2.05, 4.69) is 10.6 Å². The smallest absolute Gasteiger partial charge is 0.408 e. The van der Waals surface area contributed by atoms with Crippen LogP contribution in [0.5, 0.6) is 0 Å². The molecule has 0 aliphatic heterocycles. The lowest BCUT2D eigenvalue weighted by Gasteiger charge is -2.27. The van der Waals surface area contributed by atoms with Crippen LogP contribution in [0.3, 0.4) is 0 Å². The van der Waals surface area contributed by atoms with E-state index in [-0.39, 0.29) is 12.5 Å². The molecule has 0 fully saturated rings. The average Bonchev–Trinajstić information content (AvgIpc) is 2.80. The van der Waals surface area contributed by atoms with Crippen LogP contribution in [-0.2, 0) is 27.4 Å². The van der Waals surface area contributed by atoms with Gasteiger partial charge in [0, 0.05) is 0 Å². The molecule has 2 amide bonds. The van der Waals surface area contributed by atoms with Crippen LogP contribution in [0.2, 0.25) is 0 Å². The number of rotatable bonds is 12. The van der Waals surface area contributed by atoms with Crippen LogP contribution >= 0.6 is 0 Å². The van der Waals surface area contributed by atoms with Gasteiger partial charge in [-0.15, -0.1) is 0 Å². The summed E-state index contributed by atoms with van der Waals surface area (Å²) in [7, 11) is 0. The Labute approximate surface area is 201 Å². The van der Waals surface area contributed by atoms with Crippen LogP contribution in [0.4, 0.5) is 4.79 Å². The predicted molar refractivity (Wildman–Crippen MR) is 131 cm³/mol. The van der Waals surface area contributed by atoms with Gasteiger partial charge < -0.3 is 20.5 Å². The zero-order valence-corrected chi connectivity index (χ0v) is 20.4. The number of hydrogen-bond acceptors (Lipinski definition) is 5. The highest BCUT2D eigenvalue weighted by Crippen LogP contribution is 2.14. The molecule has 7 heteroatoms. The number of hydrogen-bond donors (Lipinski definition) is 3. The van der Waals surface area contributed by atoms with E-state index in [0.717, 1.165) is 11.1 Å². The molecule has 3 N–H and O–H groups in total. The number of ether oxygens (including phenoxy) is 1. The molecule has 0 bridgehead atoms. The first-order valence-electron chi connectivity index (χ1n) is 11.6. The number of aliphatic hydroxyl groups is 1.